The second kappa shape index (κ2) is 6.12. The first-order valence-corrected chi connectivity index (χ1v) is 7.85. The number of rotatable bonds is 4. The van der Waals surface area contributed by atoms with Crippen LogP contribution < -0.4 is 0 Å². The van der Waals surface area contributed by atoms with Crippen molar-refractivity contribution < 1.29 is 0 Å². The zero-order valence-electron chi connectivity index (χ0n) is 13.3. The monoisotopic (exact) mass is 315 g/mol. The SMILES string of the molecule is Cc1ccc(-c2nccc(Cc3cccc(-c4ccc[nH]4)n3)n2)[nH]1. The topological polar surface area (TPSA) is 70.2 Å². The van der Waals surface area contributed by atoms with Gasteiger partial charge in [0, 0.05) is 30.2 Å². The molecule has 0 unspecified atom stereocenters. The number of H-pyrrole nitrogens is 2. The summed E-state index contributed by atoms with van der Waals surface area (Å²) in [6, 6.07) is 16.0. The number of pyridine rings is 1. The highest BCUT2D eigenvalue weighted by Gasteiger charge is 2.07. The van der Waals surface area contributed by atoms with Gasteiger partial charge < -0.3 is 9.97 Å². The molecule has 5 nitrogen and oxygen atoms in total. The molecule has 5 heteroatoms. The van der Waals surface area contributed by atoms with Gasteiger partial charge in [0.05, 0.1) is 22.8 Å². The average Bonchev–Trinajstić information content (AvgIpc) is 3.27. The molecule has 0 fully saturated rings. The number of nitrogens with zero attached hydrogens (tertiary/aromatic N) is 3. The van der Waals surface area contributed by atoms with Crippen LogP contribution in [0, 0.1) is 6.92 Å². The van der Waals surface area contributed by atoms with Crippen molar-refractivity contribution in [3.8, 4) is 22.9 Å². The summed E-state index contributed by atoms with van der Waals surface area (Å²) in [7, 11) is 0. The van der Waals surface area contributed by atoms with Crippen molar-refractivity contribution in [3.63, 3.8) is 0 Å². The van der Waals surface area contributed by atoms with Crippen molar-refractivity contribution in [1.82, 2.24) is 24.9 Å². The number of aryl methyl sites for hydroxylation is 1. The Hall–Kier alpha value is -3.21. The van der Waals surface area contributed by atoms with Crippen LogP contribution in [-0.4, -0.2) is 24.9 Å². The van der Waals surface area contributed by atoms with Gasteiger partial charge in [0.15, 0.2) is 5.82 Å². The van der Waals surface area contributed by atoms with E-state index in [1.54, 1.807) is 6.20 Å². The Balaban J connectivity index is 1.61. The van der Waals surface area contributed by atoms with E-state index in [-0.39, 0.29) is 0 Å². The molecular formula is C19H17N5. The maximum atomic E-state index is 4.72. The van der Waals surface area contributed by atoms with Crippen molar-refractivity contribution >= 4 is 0 Å². The summed E-state index contributed by atoms with van der Waals surface area (Å²) >= 11 is 0. The van der Waals surface area contributed by atoms with E-state index < -0.39 is 0 Å². The highest BCUT2D eigenvalue weighted by atomic mass is 14.9. The summed E-state index contributed by atoms with van der Waals surface area (Å²) in [6.45, 7) is 2.02. The molecule has 4 heterocycles. The second-order valence-electron chi connectivity index (χ2n) is 5.70. The van der Waals surface area contributed by atoms with E-state index in [0.717, 1.165) is 34.2 Å². The highest BCUT2D eigenvalue weighted by Crippen LogP contribution is 2.17. The molecule has 0 aliphatic heterocycles. The van der Waals surface area contributed by atoms with Crippen LogP contribution in [0.5, 0.6) is 0 Å². The summed E-state index contributed by atoms with van der Waals surface area (Å²) < 4.78 is 0. The van der Waals surface area contributed by atoms with Crippen LogP contribution in [0.3, 0.4) is 0 Å². The minimum Gasteiger partial charge on any atom is -0.360 e. The van der Waals surface area contributed by atoms with Gasteiger partial charge in [0.25, 0.3) is 0 Å². The molecule has 24 heavy (non-hydrogen) atoms. The Labute approximate surface area is 139 Å². The first-order valence-electron chi connectivity index (χ1n) is 7.85. The van der Waals surface area contributed by atoms with Gasteiger partial charge in [-0.1, -0.05) is 6.07 Å². The quantitative estimate of drug-likeness (QED) is 0.602. The molecule has 0 radical (unpaired) electrons. The number of aromatic nitrogens is 5. The van der Waals surface area contributed by atoms with Crippen LogP contribution in [0.25, 0.3) is 22.9 Å². The van der Waals surface area contributed by atoms with Crippen molar-refractivity contribution in [1.29, 1.82) is 0 Å². The molecule has 4 aromatic rings. The zero-order chi connectivity index (χ0) is 16.4. The molecule has 0 atom stereocenters. The standard InChI is InChI=1S/C19H17N5/c1-13-7-8-18(22-13)19-21-11-9-15(24-19)12-14-4-2-5-17(23-14)16-6-3-10-20-16/h2-11,20,22H,12H2,1H3. The molecule has 0 amide bonds. The smallest absolute Gasteiger partial charge is 0.176 e. The predicted molar refractivity (Wildman–Crippen MR) is 93.4 cm³/mol. The Kier molecular flexibility index (Phi) is 3.67. The first kappa shape index (κ1) is 14.4. The van der Waals surface area contributed by atoms with Gasteiger partial charge in [-0.3, -0.25) is 4.98 Å². The third-order valence-corrected chi connectivity index (χ3v) is 3.83. The summed E-state index contributed by atoms with van der Waals surface area (Å²) in [5, 5.41) is 0. The van der Waals surface area contributed by atoms with Crippen LogP contribution in [0.2, 0.25) is 0 Å². The molecule has 0 spiro atoms. The van der Waals surface area contributed by atoms with E-state index in [1.807, 2.05) is 61.7 Å². The van der Waals surface area contributed by atoms with Crippen LogP contribution in [0.1, 0.15) is 17.1 Å². The lowest BCUT2D eigenvalue weighted by Gasteiger charge is -2.05. The lowest BCUT2D eigenvalue weighted by atomic mass is 10.2. The van der Waals surface area contributed by atoms with Crippen LogP contribution >= 0.6 is 0 Å². The number of nitrogens with one attached hydrogen (secondary N) is 2. The van der Waals surface area contributed by atoms with E-state index in [4.69, 9.17) is 4.98 Å². The first-order chi connectivity index (χ1) is 11.8. The fourth-order valence-electron chi connectivity index (χ4n) is 2.66. The average molecular weight is 315 g/mol. The fraction of sp³-hybridized carbons (Fsp3) is 0.105. The number of hydrogen-bond donors (Lipinski definition) is 2. The Morgan fingerprint density at radius 1 is 0.875 bits per heavy atom. The number of aromatic amines is 2. The van der Waals surface area contributed by atoms with Gasteiger partial charge in [-0.25, -0.2) is 9.97 Å². The van der Waals surface area contributed by atoms with Crippen LogP contribution in [-0.2, 0) is 6.42 Å². The second-order valence-corrected chi connectivity index (χ2v) is 5.70. The Morgan fingerprint density at radius 2 is 1.79 bits per heavy atom. The van der Waals surface area contributed by atoms with Crippen molar-refractivity contribution in [2.24, 2.45) is 0 Å². The van der Waals surface area contributed by atoms with E-state index in [2.05, 4.69) is 19.9 Å². The molecular weight excluding hydrogens is 298 g/mol. The summed E-state index contributed by atoms with van der Waals surface area (Å²) in [4.78, 5) is 20.2. The fourth-order valence-corrected chi connectivity index (χ4v) is 2.66. The van der Waals surface area contributed by atoms with Gasteiger partial charge >= 0.3 is 0 Å². The van der Waals surface area contributed by atoms with Gasteiger partial charge in [-0.2, -0.15) is 0 Å². The Morgan fingerprint density at radius 3 is 2.58 bits per heavy atom. The molecule has 118 valence electrons. The molecule has 0 aliphatic carbocycles. The largest absolute Gasteiger partial charge is 0.360 e. The summed E-state index contributed by atoms with van der Waals surface area (Å²) in [6.07, 6.45) is 4.37. The van der Waals surface area contributed by atoms with E-state index >= 15 is 0 Å². The summed E-state index contributed by atoms with van der Waals surface area (Å²) in [5.74, 6) is 0.709. The van der Waals surface area contributed by atoms with Crippen molar-refractivity contribution in [3.05, 3.63) is 78.0 Å². The molecule has 0 bridgehead atoms. The minimum atomic E-state index is 0.670. The zero-order valence-corrected chi connectivity index (χ0v) is 13.3. The van der Waals surface area contributed by atoms with E-state index in [1.165, 1.54) is 0 Å². The minimum absolute atomic E-state index is 0.670. The molecule has 4 aromatic heterocycles. The predicted octanol–water partition coefficient (Wildman–Crippen LogP) is 3.76. The van der Waals surface area contributed by atoms with Gasteiger partial charge in [-0.05, 0) is 49.4 Å². The maximum Gasteiger partial charge on any atom is 0.176 e. The van der Waals surface area contributed by atoms with Gasteiger partial charge in [0.2, 0.25) is 0 Å². The third kappa shape index (κ3) is 2.96. The molecule has 2 N–H and O–H groups in total. The third-order valence-electron chi connectivity index (χ3n) is 3.83. The summed E-state index contributed by atoms with van der Waals surface area (Å²) in [5.41, 5.74) is 5.91. The number of hydrogen-bond acceptors (Lipinski definition) is 3. The normalized spacial score (nSPS) is 10.9. The van der Waals surface area contributed by atoms with Crippen LogP contribution in [0.15, 0.2) is 60.9 Å². The lowest BCUT2D eigenvalue weighted by molar-refractivity contribution is 0.987. The van der Waals surface area contributed by atoms with Gasteiger partial charge in [0.1, 0.15) is 0 Å². The van der Waals surface area contributed by atoms with Crippen molar-refractivity contribution in [2.75, 3.05) is 0 Å². The molecule has 0 aromatic carbocycles. The Bertz CT molecular complexity index is 953. The van der Waals surface area contributed by atoms with E-state index in [0.29, 0.717) is 12.2 Å². The molecule has 0 saturated carbocycles. The van der Waals surface area contributed by atoms with Crippen LogP contribution in [0.4, 0.5) is 0 Å². The molecule has 4 rings (SSSR count). The lowest BCUT2D eigenvalue weighted by Crippen LogP contribution is -1.99. The van der Waals surface area contributed by atoms with Crippen molar-refractivity contribution in [2.45, 2.75) is 13.3 Å². The maximum absolute atomic E-state index is 4.72. The molecule has 0 aliphatic rings. The molecule has 0 saturated heterocycles. The van der Waals surface area contributed by atoms with E-state index in [9.17, 15) is 0 Å². The van der Waals surface area contributed by atoms with Gasteiger partial charge in [-0.15, -0.1) is 0 Å². The highest BCUT2D eigenvalue weighted by molar-refractivity contribution is 5.54.